The van der Waals surface area contributed by atoms with Crippen molar-refractivity contribution in [3.8, 4) is 23.0 Å². The van der Waals surface area contributed by atoms with Crippen LogP contribution in [0, 0.1) is 0 Å². The van der Waals surface area contributed by atoms with Crippen LogP contribution < -0.4 is 18.9 Å². The van der Waals surface area contributed by atoms with Gasteiger partial charge in [0.25, 0.3) is 0 Å². The van der Waals surface area contributed by atoms with Crippen LogP contribution in [-0.2, 0) is 18.9 Å². The molecule has 0 heterocycles. The lowest BCUT2D eigenvalue weighted by Crippen LogP contribution is -2.14. The molecular weight excluding hydrogens is 416 g/mol. The molecule has 2 aromatic rings. The van der Waals surface area contributed by atoms with Crippen molar-refractivity contribution in [2.45, 2.75) is 0 Å². The first kappa shape index (κ1) is 25.7. The van der Waals surface area contributed by atoms with Gasteiger partial charge in [0.2, 0.25) is 0 Å². The lowest BCUT2D eigenvalue weighted by atomic mass is 10.3. The minimum atomic E-state index is 0.424. The average molecular weight is 451 g/mol. The summed E-state index contributed by atoms with van der Waals surface area (Å²) in [7, 11) is 3.28. The van der Waals surface area contributed by atoms with Gasteiger partial charge in [0.05, 0.1) is 39.6 Å². The summed E-state index contributed by atoms with van der Waals surface area (Å²) in [5.74, 6) is 2.76. The average Bonchev–Trinajstić information content (AvgIpc) is 2.82. The third-order valence-corrected chi connectivity index (χ3v) is 4.13. The summed E-state index contributed by atoms with van der Waals surface area (Å²) in [6.07, 6.45) is 0. The molecule has 8 heteroatoms. The second kappa shape index (κ2) is 17.1. The minimum Gasteiger partial charge on any atom is -0.487 e. The predicted molar refractivity (Wildman–Crippen MR) is 120 cm³/mol. The van der Waals surface area contributed by atoms with Crippen molar-refractivity contribution in [2.24, 2.45) is 0 Å². The summed E-state index contributed by atoms with van der Waals surface area (Å²) >= 11 is 0. The van der Waals surface area contributed by atoms with Gasteiger partial charge in [0.15, 0.2) is 23.0 Å². The molecule has 8 nitrogen and oxygen atoms in total. The quantitative estimate of drug-likeness (QED) is 0.302. The van der Waals surface area contributed by atoms with E-state index in [-0.39, 0.29) is 0 Å². The van der Waals surface area contributed by atoms with E-state index in [1.165, 1.54) is 0 Å². The molecule has 32 heavy (non-hydrogen) atoms. The van der Waals surface area contributed by atoms with Crippen LogP contribution in [0.15, 0.2) is 48.5 Å². The van der Waals surface area contributed by atoms with E-state index in [2.05, 4.69) is 0 Å². The fourth-order valence-electron chi connectivity index (χ4n) is 2.59. The van der Waals surface area contributed by atoms with Gasteiger partial charge in [0.1, 0.15) is 26.4 Å². The van der Waals surface area contributed by atoms with E-state index in [1.807, 2.05) is 48.5 Å². The first-order valence-electron chi connectivity index (χ1n) is 10.7. The third-order valence-electron chi connectivity index (χ3n) is 4.13. The molecule has 0 saturated carbocycles. The van der Waals surface area contributed by atoms with Crippen molar-refractivity contribution < 1.29 is 37.9 Å². The van der Waals surface area contributed by atoms with Gasteiger partial charge in [-0.05, 0) is 24.3 Å². The zero-order valence-corrected chi connectivity index (χ0v) is 19.0. The summed E-state index contributed by atoms with van der Waals surface area (Å²) in [6.45, 7) is 4.71. The van der Waals surface area contributed by atoms with Crippen LogP contribution in [0.4, 0.5) is 0 Å². The van der Waals surface area contributed by atoms with Crippen LogP contribution in [0.2, 0.25) is 0 Å². The van der Waals surface area contributed by atoms with E-state index in [4.69, 9.17) is 37.9 Å². The van der Waals surface area contributed by atoms with Crippen LogP contribution >= 0.6 is 0 Å². The van der Waals surface area contributed by atoms with Crippen molar-refractivity contribution in [1.82, 2.24) is 0 Å². The summed E-state index contributed by atoms with van der Waals surface area (Å²) in [5, 5.41) is 0. The largest absolute Gasteiger partial charge is 0.487 e. The normalized spacial score (nSPS) is 10.7. The van der Waals surface area contributed by atoms with E-state index in [0.29, 0.717) is 89.1 Å². The van der Waals surface area contributed by atoms with Gasteiger partial charge < -0.3 is 37.9 Å². The molecule has 0 N–H and O–H groups in total. The number of hydrogen-bond donors (Lipinski definition) is 0. The molecule has 178 valence electrons. The molecule has 0 aliphatic carbocycles. The Morgan fingerprint density at radius 3 is 1.00 bits per heavy atom. The van der Waals surface area contributed by atoms with Gasteiger partial charge in [0, 0.05) is 14.2 Å². The molecule has 0 unspecified atom stereocenters. The Kier molecular flexibility index (Phi) is 13.7. The molecule has 0 saturated heterocycles. The van der Waals surface area contributed by atoms with Gasteiger partial charge in [-0.25, -0.2) is 0 Å². The Labute approximate surface area is 190 Å². The third kappa shape index (κ3) is 10.7. The van der Waals surface area contributed by atoms with Crippen LogP contribution in [0.3, 0.4) is 0 Å². The number of rotatable bonds is 19. The van der Waals surface area contributed by atoms with Crippen LogP contribution in [0.5, 0.6) is 23.0 Å². The van der Waals surface area contributed by atoms with Crippen molar-refractivity contribution in [2.75, 3.05) is 80.3 Å². The summed E-state index contributed by atoms with van der Waals surface area (Å²) in [4.78, 5) is 0. The van der Waals surface area contributed by atoms with E-state index >= 15 is 0 Å². The molecule has 0 spiro atoms. The zero-order chi connectivity index (χ0) is 22.7. The van der Waals surface area contributed by atoms with Crippen LogP contribution in [-0.4, -0.2) is 80.3 Å². The standard InChI is InChI=1S/C24H34O8/c1-25-11-17-29-21-7-3-5-9-23(21)31-19-15-27-13-14-28-16-20-32-24-10-6-4-8-22(24)30-18-12-26-2/h3-10H,11-20H2,1-2H3. The van der Waals surface area contributed by atoms with Crippen molar-refractivity contribution in [3.05, 3.63) is 48.5 Å². The van der Waals surface area contributed by atoms with Crippen molar-refractivity contribution >= 4 is 0 Å². The van der Waals surface area contributed by atoms with E-state index in [0.717, 1.165) is 0 Å². The maximum Gasteiger partial charge on any atom is 0.161 e. The van der Waals surface area contributed by atoms with Gasteiger partial charge in [-0.15, -0.1) is 0 Å². The van der Waals surface area contributed by atoms with Crippen molar-refractivity contribution in [1.29, 1.82) is 0 Å². The number of hydrogen-bond acceptors (Lipinski definition) is 8. The monoisotopic (exact) mass is 450 g/mol. The Morgan fingerprint density at radius 1 is 0.406 bits per heavy atom. The Balaban J connectivity index is 1.51. The van der Waals surface area contributed by atoms with Crippen LogP contribution in [0.25, 0.3) is 0 Å². The molecule has 0 aromatic heterocycles. The topological polar surface area (TPSA) is 73.8 Å². The molecule has 0 atom stereocenters. The Morgan fingerprint density at radius 2 is 0.688 bits per heavy atom. The number of ether oxygens (including phenoxy) is 8. The zero-order valence-electron chi connectivity index (χ0n) is 19.0. The van der Waals surface area contributed by atoms with Gasteiger partial charge in [-0.3, -0.25) is 0 Å². The molecule has 0 amide bonds. The fourth-order valence-corrected chi connectivity index (χ4v) is 2.59. The highest BCUT2D eigenvalue weighted by Gasteiger charge is 2.05. The second-order valence-corrected chi connectivity index (χ2v) is 6.50. The first-order valence-corrected chi connectivity index (χ1v) is 10.7. The van der Waals surface area contributed by atoms with Crippen molar-refractivity contribution in [3.63, 3.8) is 0 Å². The predicted octanol–water partition coefficient (Wildman–Crippen LogP) is 3.23. The molecule has 0 aliphatic rings. The minimum absolute atomic E-state index is 0.424. The maximum atomic E-state index is 5.74. The van der Waals surface area contributed by atoms with E-state index in [1.54, 1.807) is 14.2 Å². The van der Waals surface area contributed by atoms with Crippen LogP contribution in [0.1, 0.15) is 0 Å². The molecule has 0 aliphatic heterocycles. The maximum absolute atomic E-state index is 5.74. The molecule has 0 fully saturated rings. The molecular formula is C24H34O8. The molecule has 2 aromatic carbocycles. The summed E-state index contributed by atoms with van der Waals surface area (Å²) < 4.78 is 43.8. The SMILES string of the molecule is COCCOc1ccccc1OCCOCCOCCOc1ccccc1OCCOC. The highest BCUT2D eigenvalue weighted by atomic mass is 16.6. The summed E-state index contributed by atoms with van der Waals surface area (Å²) in [5.41, 5.74) is 0. The smallest absolute Gasteiger partial charge is 0.161 e. The number of benzene rings is 2. The van der Waals surface area contributed by atoms with E-state index in [9.17, 15) is 0 Å². The lowest BCUT2D eigenvalue weighted by molar-refractivity contribution is 0.0266. The highest BCUT2D eigenvalue weighted by molar-refractivity contribution is 5.40. The Hall–Kier alpha value is -2.52. The molecule has 0 radical (unpaired) electrons. The first-order chi connectivity index (χ1) is 15.8. The summed E-state index contributed by atoms with van der Waals surface area (Å²) in [6, 6.07) is 15.1. The number of para-hydroxylation sites is 4. The molecule has 2 rings (SSSR count). The lowest BCUT2D eigenvalue weighted by Gasteiger charge is -2.13. The highest BCUT2D eigenvalue weighted by Crippen LogP contribution is 2.27. The van der Waals surface area contributed by atoms with E-state index < -0.39 is 0 Å². The Bertz CT molecular complexity index is 663. The number of methoxy groups -OCH3 is 2. The van der Waals surface area contributed by atoms with Gasteiger partial charge in [-0.1, -0.05) is 24.3 Å². The van der Waals surface area contributed by atoms with Gasteiger partial charge in [-0.2, -0.15) is 0 Å². The molecule has 0 bridgehead atoms. The second-order valence-electron chi connectivity index (χ2n) is 6.50. The fraction of sp³-hybridized carbons (Fsp3) is 0.500. The van der Waals surface area contributed by atoms with Gasteiger partial charge >= 0.3 is 0 Å².